The molecule has 0 saturated carbocycles. The van der Waals surface area contributed by atoms with Crippen molar-refractivity contribution >= 4 is 22.8 Å². The number of unbranched alkanes of at least 4 members (excludes halogenated alkanes) is 8. The second-order valence-electron chi connectivity index (χ2n) is 19.7. The zero-order chi connectivity index (χ0) is 44.2. The minimum Gasteiger partial charge on any atom is -0.493 e. The number of H-pyrrole nitrogens is 4. The molecule has 0 atom stereocenters. The zero-order valence-electron chi connectivity index (χ0n) is 39.3. The van der Waals surface area contributed by atoms with Gasteiger partial charge in [0.05, 0.1) is 68.6 Å². The molecular weight excluding hydrogens is 777 g/mol. The number of ether oxygens (including phenoxy) is 2. The average Bonchev–Trinajstić information content (AvgIpc) is 4.09. The molecule has 6 aromatic rings. The minimum absolute atomic E-state index is 0.686. The van der Waals surface area contributed by atoms with Gasteiger partial charge in [0, 0.05) is 68.2 Å². The molecule has 0 spiro atoms. The van der Waals surface area contributed by atoms with Crippen LogP contribution in [0.3, 0.4) is 0 Å². The Morgan fingerprint density at radius 2 is 0.984 bits per heavy atom. The zero-order valence-corrected chi connectivity index (χ0v) is 39.3. The number of quaternary nitrogens is 2. The monoisotopic (exact) mass is 851 g/mol. The fourth-order valence-corrected chi connectivity index (χ4v) is 8.77. The van der Waals surface area contributed by atoms with Gasteiger partial charge >= 0.3 is 0 Å². The number of hydrogen-bond acceptors (Lipinski definition) is 2. The van der Waals surface area contributed by atoms with Crippen molar-refractivity contribution in [2.24, 2.45) is 0 Å². The number of aromatic nitrogens is 4. The highest BCUT2D eigenvalue weighted by Crippen LogP contribution is 2.28. The number of aromatic amines is 4. The second kappa shape index (κ2) is 21.3. The maximum absolute atomic E-state index is 6.35. The summed E-state index contributed by atoms with van der Waals surface area (Å²) in [5.74, 6) is 1.77. The molecule has 0 radical (unpaired) electrons. The summed E-state index contributed by atoms with van der Waals surface area (Å²) >= 11 is 0. The Morgan fingerprint density at radius 1 is 0.460 bits per heavy atom. The van der Waals surface area contributed by atoms with Crippen LogP contribution in [0.5, 0.6) is 11.5 Å². The molecule has 0 aliphatic carbocycles. The lowest BCUT2D eigenvalue weighted by atomic mass is 10.0. The van der Waals surface area contributed by atoms with Gasteiger partial charge < -0.3 is 38.4 Å². The van der Waals surface area contributed by atoms with E-state index in [1.54, 1.807) is 0 Å². The Kier molecular flexibility index (Phi) is 15.4. The molecule has 334 valence electrons. The van der Waals surface area contributed by atoms with Crippen molar-refractivity contribution in [2.45, 2.75) is 84.0 Å². The van der Waals surface area contributed by atoms with Crippen LogP contribution >= 0.6 is 0 Å². The predicted octanol–water partition coefficient (Wildman–Crippen LogP) is 8.71. The van der Waals surface area contributed by atoms with Crippen LogP contribution < -0.4 is 30.9 Å². The van der Waals surface area contributed by atoms with Gasteiger partial charge in [-0.1, -0.05) is 82.6 Å². The highest BCUT2D eigenvalue weighted by molar-refractivity contribution is 5.80. The van der Waals surface area contributed by atoms with Crippen molar-refractivity contribution < 1.29 is 18.4 Å². The van der Waals surface area contributed by atoms with Crippen LogP contribution in [0.4, 0.5) is 0 Å². The molecule has 63 heavy (non-hydrogen) atoms. The van der Waals surface area contributed by atoms with Crippen LogP contribution in [0.25, 0.3) is 22.8 Å². The van der Waals surface area contributed by atoms with Crippen molar-refractivity contribution in [1.82, 2.24) is 19.9 Å². The van der Waals surface area contributed by atoms with E-state index in [1.807, 2.05) is 0 Å². The van der Waals surface area contributed by atoms with E-state index in [0.717, 1.165) is 126 Å². The Hall–Kier alpha value is -5.44. The van der Waals surface area contributed by atoms with E-state index in [1.165, 1.54) is 56.9 Å². The molecule has 8 bridgehead atoms. The Morgan fingerprint density at radius 3 is 1.60 bits per heavy atom. The van der Waals surface area contributed by atoms with E-state index in [0.29, 0.717) is 13.2 Å². The summed E-state index contributed by atoms with van der Waals surface area (Å²) in [5, 5.41) is 4.27. The summed E-state index contributed by atoms with van der Waals surface area (Å²) in [5.41, 5.74) is 10.0. The average molecular weight is 851 g/mol. The summed E-state index contributed by atoms with van der Waals surface area (Å²) < 4.78 is 14.6. The summed E-state index contributed by atoms with van der Waals surface area (Å²) in [7, 11) is 13.4. The van der Waals surface area contributed by atoms with E-state index < -0.39 is 0 Å². The van der Waals surface area contributed by atoms with Gasteiger partial charge in [-0.15, -0.1) is 0 Å². The van der Waals surface area contributed by atoms with Gasteiger partial charge in [0.25, 0.3) is 0 Å². The molecule has 4 aromatic heterocycles. The maximum Gasteiger partial charge on any atom is 0.119 e. The lowest BCUT2D eigenvalue weighted by Gasteiger charge is -2.23. The van der Waals surface area contributed by atoms with Gasteiger partial charge in [0.1, 0.15) is 11.5 Å². The number of rotatable bonds is 22. The molecule has 5 heterocycles. The van der Waals surface area contributed by atoms with Gasteiger partial charge in [-0.3, -0.25) is 0 Å². The Bertz CT molecular complexity index is 2640. The van der Waals surface area contributed by atoms with Crippen molar-refractivity contribution in [3.63, 3.8) is 0 Å². The number of fused-ring (bicyclic) bond motifs is 8. The Labute approximate surface area is 376 Å². The third-order valence-corrected chi connectivity index (χ3v) is 12.1. The lowest BCUT2D eigenvalue weighted by Crippen LogP contribution is -2.36. The molecule has 7 rings (SSSR count). The van der Waals surface area contributed by atoms with Crippen molar-refractivity contribution in [1.29, 1.82) is 0 Å². The van der Waals surface area contributed by atoms with Crippen LogP contribution in [0.15, 0.2) is 97.1 Å². The van der Waals surface area contributed by atoms with Gasteiger partial charge in [-0.05, 0) is 108 Å². The van der Waals surface area contributed by atoms with Gasteiger partial charge in [0.2, 0.25) is 0 Å². The molecule has 1 aliphatic rings. The SMILES string of the molecule is CCCCCCCCCCCC1=c2ccc([nH]2)=C(c2cccc(OCCC[N+](C)(C)C)c2)c2ccc([nH]2)C=c2ccc([nH]2)=C(c2cccc(OCCC[N+](C)(C)C)c2)c2ccc1[nH]2. The van der Waals surface area contributed by atoms with E-state index in [9.17, 15) is 0 Å². The van der Waals surface area contributed by atoms with Crippen molar-refractivity contribution in [2.75, 3.05) is 68.6 Å². The topological polar surface area (TPSA) is 81.6 Å². The fourth-order valence-electron chi connectivity index (χ4n) is 8.77. The first-order valence-corrected chi connectivity index (χ1v) is 23.7. The van der Waals surface area contributed by atoms with Crippen molar-refractivity contribution in [3.8, 4) is 11.5 Å². The smallest absolute Gasteiger partial charge is 0.119 e. The normalized spacial score (nSPS) is 13.1. The highest BCUT2D eigenvalue weighted by Gasteiger charge is 2.17. The quantitative estimate of drug-likeness (QED) is 0.0408. The molecular formula is C55H74N6O2+2. The summed E-state index contributed by atoms with van der Waals surface area (Å²) in [6.07, 6.45) is 16.8. The lowest BCUT2D eigenvalue weighted by molar-refractivity contribution is -0.870. The van der Waals surface area contributed by atoms with Crippen LogP contribution in [-0.2, 0) is 0 Å². The van der Waals surface area contributed by atoms with Crippen LogP contribution in [0, 0.1) is 0 Å². The van der Waals surface area contributed by atoms with E-state index in [2.05, 4.69) is 172 Å². The summed E-state index contributed by atoms with van der Waals surface area (Å²) in [6.45, 7) is 5.79. The van der Waals surface area contributed by atoms with Gasteiger partial charge in [0.15, 0.2) is 0 Å². The Balaban J connectivity index is 1.30. The predicted molar refractivity (Wildman–Crippen MR) is 262 cm³/mol. The second-order valence-corrected chi connectivity index (χ2v) is 19.7. The van der Waals surface area contributed by atoms with Crippen LogP contribution in [0.1, 0.15) is 118 Å². The molecule has 0 saturated heterocycles. The molecule has 0 amide bonds. The number of hydrogen-bond donors (Lipinski definition) is 4. The van der Waals surface area contributed by atoms with Crippen LogP contribution in [-0.4, -0.2) is 97.5 Å². The molecule has 2 aromatic carbocycles. The first kappa shape index (κ1) is 45.6. The van der Waals surface area contributed by atoms with Gasteiger partial charge in [-0.25, -0.2) is 0 Å². The van der Waals surface area contributed by atoms with E-state index in [4.69, 9.17) is 9.47 Å². The van der Waals surface area contributed by atoms with Crippen LogP contribution in [0.2, 0.25) is 0 Å². The first-order valence-electron chi connectivity index (χ1n) is 23.7. The number of nitrogens with one attached hydrogen (secondary N) is 4. The third-order valence-electron chi connectivity index (χ3n) is 12.1. The van der Waals surface area contributed by atoms with E-state index >= 15 is 0 Å². The summed E-state index contributed by atoms with van der Waals surface area (Å²) in [4.78, 5) is 15.5. The maximum atomic E-state index is 6.35. The number of benzene rings is 2. The molecule has 1 aliphatic heterocycles. The fraction of sp³-hybridized carbons (Fsp3) is 0.418. The first-order chi connectivity index (χ1) is 30.4. The number of nitrogens with zero attached hydrogens (tertiary/aromatic N) is 2. The molecule has 8 nitrogen and oxygen atoms in total. The highest BCUT2D eigenvalue weighted by atomic mass is 16.5. The largest absolute Gasteiger partial charge is 0.493 e. The molecule has 4 N–H and O–H groups in total. The van der Waals surface area contributed by atoms with Gasteiger partial charge in [-0.2, -0.15) is 0 Å². The molecule has 0 unspecified atom stereocenters. The molecule has 0 fully saturated rings. The standard InChI is InChI=1S/C55H74N6O2/c1-8-9-10-11-12-13-14-15-16-25-47-48-30-32-52(58-48)54(41-21-17-23-45(38-41)62-36-19-34-60(2,3)4)50-28-26-43(56-50)40-44-27-29-51(57-44)55(53-33-31-49(47)59-53)42-22-18-24-46(39-42)63-37-20-35-61(5,6)7/h17-18,21-24,26-33,38-40,56-59H,8-16,19-20,25,34-37H2,1-7H3/q+2. The minimum atomic E-state index is 0.686. The van der Waals surface area contributed by atoms with Crippen molar-refractivity contribution in [3.05, 3.63) is 152 Å². The van der Waals surface area contributed by atoms with E-state index in [-0.39, 0.29) is 0 Å². The molecule has 8 heteroatoms. The summed E-state index contributed by atoms with van der Waals surface area (Å²) in [6, 6.07) is 34.9. The third kappa shape index (κ3) is 13.1.